The number of carbonyl (C=O) groups excluding carboxylic acids is 1. The number of hydrogen-bond donors (Lipinski definition) is 1. The van der Waals surface area contributed by atoms with Crippen LogP contribution in [-0.2, 0) is 11.3 Å². The molecule has 1 N–H and O–H groups in total. The predicted octanol–water partition coefficient (Wildman–Crippen LogP) is 2.06. The van der Waals surface area contributed by atoms with Gasteiger partial charge in [0.05, 0.1) is 19.9 Å². The quantitative estimate of drug-likeness (QED) is 0.841. The fraction of sp³-hybridized carbons (Fsp3) is 0.400. The minimum atomic E-state index is -0.336. The fourth-order valence-corrected chi connectivity index (χ4v) is 3.36. The normalized spacial score (nSPS) is 17.6. The van der Waals surface area contributed by atoms with Gasteiger partial charge in [0.15, 0.2) is 0 Å². The molecule has 144 valence electrons. The number of ether oxygens (including phenoxy) is 1. The molecule has 1 aliphatic heterocycles. The summed E-state index contributed by atoms with van der Waals surface area (Å²) >= 11 is 0. The Labute approximate surface area is 158 Å². The summed E-state index contributed by atoms with van der Waals surface area (Å²) in [6, 6.07) is 11.0. The van der Waals surface area contributed by atoms with Gasteiger partial charge in [-0.1, -0.05) is 18.2 Å². The molecule has 2 heterocycles. The molecule has 0 radical (unpaired) electrons. The van der Waals surface area contributed by atoms with E-state index < -0.39 is 0 Å². The maximum absolute atomic E-state index is 13.1. The van der Waals surface area contributed by atoms with Crippen molar-refractivity contribution in [3.63, 3.8) is 0 Å². The molecule has 0 aliphatic carbocycles. The Kier molecular flexibility index (Phi) is 6.24. The van der Waals surface area contributed by atoms with Crippen molar-refractivity contribution < 1.29 is 13.9 Å². The highest BCUT2D eigenvalue weighted by atomic mass is 19.1. The van der Waals surface area contributed by atoms with Crippen LogP contribution in [0.5, 0.6) is 5.75 Å². The van der Waals surface area contributed by atoms with E-state index in [1.165, 1.54) is 12.3 Å². The Hall–Kier alpha value is -2.67. The number of nitrogens with zero attached hydrogens (tertiary/aromatic N) is 3. The standard InChI is InChI=1S/C20H25FN4O2/c1-15-13-24(9-10-25(15)19-8-7-17(21)12-22-19)14-20(26)23-11-16-5-3-4-6-18(16)27-2/h3-8,12,15H,9-11,13-14H2,1-2H3,(H,23,26). The van der Waals surface area contributed by atoms with Crippen LogP contribution in [-0.4, -0.2) is 55.1 Å². The average molecular weight is 372 g/mol. The van der Waals surface area contributed by atoms with Gasteiger partial charge in [0.25, 0.3) is 0 Å². The van der Waals surface area contributed by atoms with Gasteiger partial charge in [0.1, 0.15) is 17.4 Å². The number of benzene rings is 1. The molecule has 0 saturated carbocycles. The Bertz CT molecular complexity index is 769. The van der Waals surface area contributed by atoms with Crippen LogP contribution in [0, 0.1) is 5.82 Å². The van der Waals surface area contributed by atoms with Crippen LogP contribution >= 0.6 is 0 Å². The molecule has 3 rings (SSSR count). The Morgan fingerprint density at radius 1 is 1.30 bits per heavy atom. The molecule has 1 saturated heterocycles. The second-order valence-electron chi connectivity index (χ2n) is 6.70. The number of nitrogens with one attached hydrogen (secondary N) is 1. The van der Waals surface area contributed by atoms with Crippen LogP contribution in [0.3, 0.4) is 0 Å². The molecule has 1 aliphatic rings. The summed E-state index contributed by atoms with van der Waals surface area (Å²) in [5.74, 6) is 1.19. The van der Waals surface area contributed by atoms with Crippen molar-refractivity contribution in [1.82, 2.24) is 15.2 Å². The number of aromatic nitrogens is 1. The number of methoxy groups -OCH3 is 1. The van der Waals surface area contributed by atoms with E-state index >= 15 is 0 Å². The SMILES string of the molecule is COc1ccccc1CNC(=O)CN1CCN(c2ccc(F)cn2)C(C)C1. The first-order valence-corrected chi connectivity index (χ1v) is 9.06. The summed E-state index contributed by atoms with van der Waals surface area (Å²) in [7, 11) is 1.62. The van der Waals surface area contributed by atoms with E-state index in [2.05, 4.69) is 27.0 Å². The van der Waals surface area contributed by atoms with Crippen molar-refractivity contribution in [2.75, 3.05) is 38.2 Å². The van der Waals surface area contributed by atoms with Crippen LogP contribution in [0.25, 0.3) is 0 Å². The number of piperazine rings is 1. The average Bonchev–Trinajstić information content (AvgIpc) is 2.67. The third-order valence-corrected chi connectivity index (χ3v) is 4.75. The molecule has 27 heavy (non-hydrogen) atoms. The summed E-state index contributed by atoms with van der Waals surface area (Å²) in [6.07, 6.45) is 1.24. The Balaban J connectivity index is 1.49. The lowest BCUT2D eigenvalue weighted by atomic mass is 10.2. The number of hydrogen-bond acceptors (Lipinski definition) is 5. The van der Waals surface area contributed by atoms with Crippen molar-refractivity contribution >= 4 is 11.7 Å². The molecule has 7 heteroatoms. The van der Waals surface area contributed by atoms with Crippen LogP contribution in [0.15, 0.2) is 42.6 Å². The second-order valence-corrected chi connectivity index (χ2v) is 6.70. The molecule has 1 unspecified atom stereocenters. The maximum Gasteiger partial charge on any atom is 0.234 e. The number of para-hydroxylation sites is 1. The van der Waals surface area contributed by atoms with Crippen LogP contribution in [0.2, 0.25) is 0 Å². The van der Waals surface area contributed by atoms with Gasteiger partial charge in [-0.2, -0.15) is 0 Å². The number of amides is 1. The fourth-order valence-electron chi connectivity index (χ4n) is 3.36. The van der Waals surface area contributed by atoms with E-state index in [-0.39, 0.29) is 17.8 Å². The van der Waals surface area contributed by atoms with Gasteiger partial charge in [0.2, 0.25) is 5.91 Å². The molecule has 2 aromatic rings. The van der Waals surface area contributed by atoms with Gasteiger partial charge < -0.3 is 15.0 Å². The smallest absolute Gasteiger partial charge is 0.234 e. The molecular weight excluding hydrogens is 347 g/mol. The lowest BCUT2D eigenvalue weighted by molar-refractivity contribution is -0.122. The number of pyridine rings is 1. The molecule has 1 atom stereocenters. The summed E-state index contributed by atoms with van der Waals surface area (Å²) in [5, 5.41) is 2.96. The summed E-state index contributed by atoms with van der Waals surface area (Å²) < 4.78 is 18.4. The predicted molar refractivity (Wildman–Crippen MR) is 102 cm³/mol. The van der Waals surface area contributed by atoms with E-state index in [0.29, 0.717) is 13.1 Å². The Morgan fingerprint density at radius 2 is 2.11 bits per heavy atom. The molecular formula is C20H25FN4O2. The molecule has 0 spiro atoms. The number of anilines is 1. The van der Waals surface area contributed by atoms with Crippen molar-refractivity contribution in [3.05, 3.63) is 54.0 Å². The van der Waals surface area contributed by atoms with Gasteiger partial charge in [0, 0.05) is 37.8 Å². The highest BCUT2D eigenvalue weighted by Gasteiger charge is 2.25. The first-order valence-electron chi connectivity index (χ1n) is 9.06. The number of carbonyl (C=O) groups is 1. The van der Waals surface area contributed by atoms with Gasteiger partial charge in [-0.25, -0.2) is 9.37 Å². The maximum atomic E-state index is 13.1. The lowest BCUT2D eigenvalue weighted by Gasteiger charge is -2.40. The highest BCUT2D eigenvalue weighted by Crippen LogP contribution is 2.19. The van der Waals surface area contributed by atoms with E-state index in [1.807, 2.05) is 24.3 Å². The lowest BCUT2D eigenvalue weighted by Crippen LogP contribution is -2.54. The second kappa shape index (κ2) is 8.81. The summed E-state index contributed by atoms with van der Waals surface area (Å²) in [5.41, 5.74) is 0.953. The highest BCUT2D eigenvalue weighted by molar-refractivity contribution is 5.78. The van der Waals surface area contributed by atoms with Gasteiger partial charge in [-0.3, -0.25) is 9.69 Å². The van der Waals surface area contributed by atoms with Gasteiger partial charge in [-0.15, -0.1) is 0 Å². The summed E-state index contributed by atoms with van der Waals surface area (Å²) in [4.78, 5) is 20.7. The van der Waals surface area contributed by atoms with E-state index in [0.717, 1.165) is 36.8 Å². The molecule has 0 bridgehead atoms. The minimum absolute atomic E-state index is 0.0125. The van der Waals surface area contributed by atoms with Crippen LogP contribution < -0.4 is 15.0 Å². The third kappa shape index (κ3) is 4.95. The molecule has 1 fully saturated rings. The van der Waals surface area contributed by atoms with Gasteiger partial charge in [-0.05, 0) is 25.1 Å². The van der Waals surface area contributed by atoms with E-state index in [4.69, 9.17) is 4.74 Å². The van der Waals surface area contributed by atoms with E-state index in [9.17, 15) is 9.18 Å². The zero-order valence-electron chi connectivity index (χ0n) is 15.7. The van der Waals surface area contributed by atoms with Crippen LogP contribution in [0.1, 0.15) is 12.5 Å². The minimum Gasteiger partial charge on any atom is -0.496 e. The third-order valence-electron chi connectivity index (χ3n) is 4.75. The van der Waals surface area contributed by atoms with Crippen molar-refractivity contribution in [2.24, 2.45) is 0 Å². The van der Waals surface area contributed by atoms with E-state index in [1.54, 1.807) is 13.2 Å². The monoisotopic (exact) mass is 372 g/mol. The Morgan fingerprint density at radius 3 is 2.81 bits per heavy atom. The molecule has 1 aromatic carbocycles. The first-order chi connectivity index (χ1) is 13.1. The van der Waals surface area contributed by atoms with Crippen molar-refractivity contribution in [2.45, 2.75) is 19.5 Å². The van der Waals surface area contributed by atoms with Crippen LogP contribution in [0.4, 0.5) is 10.2 Å². The van der Waals surface area contributed by atoms with Gasteiger partial charge >= 0.3 is 0 Å². The summed E-state index contributed by atoms with van der Waals surface area (Å²) in [6.45, 7) is 5.14. The largest absolute Gasteiger partial charge is 0.496 e. The zero-order valence-corrected chi connectivity index (χ0v) is 15.7. The number of rotatable bonds is 6. The zero-order chi connectivity index (χ0) is 19.2. The van der Waals surface area contributed by atoms with Crippen molar-refractivity contribution in [3.8, 4) is 5.75 Å². The number of halogens is 1. The molecule has 6 nitrogen and oxygen atoms in total. The molecule has 1 aromatic heterocycles. The topological polar surface area (TPSA) is 57.7 Å². The molecule has 1 amide bonds. The van der Waals surface area contributed by atoms with Crippen molar-refractivity contribution in [1.29, 1.82) is 0 Å². The first kappa shape index (κ1) is 19.1.